The van der Waals surface area contributed by atoms with Gasteiger partial charge in [0.2, 0.25) is 0 Å². The number of anilines is 1. The van der Waals surface area contributed by atoms with Gasteiger partial charge >= 0.3 is 0 Å². The first kappa shape index (κ1) is 13.3. The Hall–Kier alpha value is -1.18. The maximum atomic E-state index is 5.73. The molecule has 1 aliphatic rings. The average molecular weight is 247 g/mol. The fourth-order valence-corrected chi connectivity index (χ4v) is 2.67. The minimum atomic E-state index is 0.620. The third-order valence-corrected chi connectivity index (χ3v) is 3.65. The van der Waals surface area contributed by atoms with Gasteiger partial charge in [-0.3, -0.25) is 0 Å². The summed E-state index contributed by atoms with van der Waals surface area (Å²) in [6.45, 7) is 4.87. The third kappa shape index (κ3) is 3.66. The number of benzene rings is 1. The van der Waals surface area contributed by atoms with Crippen molar-refractivity contribution >= 4 is 5.69 Å². The standard InChI is InChI=1S/C16H25NO/c1-3-18-16-12-13(2)10-11-15(16)17-14-8-6-4-5-7-9-14/h10-12,14,17H,3-9H2,1-2H3. The Morgan fingerprint density at radius 3 is 2.56 bits per heavy atom. The van der Waals surface area contributed by atoms with Crippen LogP contribution in [0.2, 0.25) is 0 Å². The monoisotopic (exact) mass is 247 g/mol. The lowest BCUT2D eigenvalue weighted by molar-refractivity contribution is 0.341. The second-order valence-electron chi connectivity index (χ2n) is 5.27. The van der Waals surface area contributed by atoms with Crippen LogP contribution in [0.1, 0.15) is 51.0 Å². The molecule has 100 valence electrons. The molecule has 1 aromatic rings. The molecule has 1 aromatic carbocycles. The third-order valence-electron chi connectivity index (χ3n) is 3.65. The van der Waals surface area contributed by atoms with Gasteiger partial charge in [-0.15, -0.1) is 0 Å². The fourth-order valence-electron chi connectivity index (χ4n) is 2.67. The molecule has 0 saturated heterocycles. The maximum Gasteiger partial charge on any atom is 0.142 e. The molecule has 0 aliphatic heterocycles. The normalized spacial score (nSPS) is 17.2. The van der Waals surface area contributed by atoms with Gasteiger partial charge in [-0.25, -0.2) is 0 Å². The van der Waals surface area contributed by atoms with E-state index in [-0.39, 0.29) is 0 Å². The van der Waals surface area contributed by atoms with Crippen molar-refractivity contribution in [1.29, 1.82) is 0 Å². The van der Waals surface area contributed by atoms with Gasteiger partial charge in [-0.05, 0) is 44.4 Å². The van der Waals surface area contributed by atoms with E-state index in [0.29, 0.717) is 6.04 Å². The highest BCUT2D eigenvalue weighted by Gasteiger charge is 2.13. The lowest BCUT2D eigenvalue weighted by atomic mass is 10.1. The summed E-state index contributed by atoms with van der Waals surface area (Å²) in [5.41, 5.74) is 2.42. The molecule has 0 radical (unpaired) electrons. The quantitative estimate of drug-likeness (QED) is 0.789. The molecule has 0 unspecified atom stereocenters. The van der Waals surface area contributed by atoms with Gasteiger partial charge in [-0.1, -0.05) is 31.7 Å². The molecule has 0 amide bonds. The van der Waals surface area contributed by atoms with Crippen molar-refractivity contribution in [3.8, 4) is 5.75 Å². The molecule has 0 heterocycles. The van der Waals surface area contributed by atoms with Crippen LogP contribution in [0.3, 0.4) is 0 Å². The van der Waals surface area contributed by atoms with Crippen molar-refractivity contribution in [1.82, 2.24) is 0 Å². The zero-order valence-electron chi connectivity index (χ0n) is 11.7. The minimum absolute atomic E-state index is 0.620. The lowest BCUT2D eigenvalue weighted by Gasteiger charge is -2.20. The number of nitrogens with one attached hydrogen (secondary N) is 1. The summed E-state index contributed by atoms with van der Waals surface area (Å²) in [5.74, 6) is 1.00. The molecule has 1 saturated carbocycles. The number of ether oxygens (including phenoxy) is 1. The predicted octanol–water partition coefficient (Wildman–Crippen LogP) is 4.53. The summed E-state index contributed by atoms with van der Waals surface area (Å²) in [7, 11) is 0. The number of hydrogen-bond donors (Lipinski definition) is 1. The summed E-state index contributed by atoms with van der Waals surface area (Å²) in [6, 6.07) is 7.06. The summed E-state index contributed by atoms with van der Waals surface area (Å²) in [5, 5.41) is 3.68. The van der Waals surface area contributed by atoms with Gasteiger partial charge in [0.1, 0.15) is 5.75 Å². The molecule has 0 bridgehead atoms. The van der Waals surface area contributed by atoms with E-state index in [9.17, 15) is 0 Å². The van der Waals surface area contributed by atoms with Gasteiger partial charge in [0.05, 0.1) is 12.3 Å². The van der Waals surface area contributed by atoms with Crippen molar-refractivity contribution < 1.29 is 4.74 Å². The molecule has 0 atom stereocenters. The van der Waals surface area contributed by atoms with E-state index in [1.165, 1.54) is 44.1 Å². The van der Waals surface area contributed by atoms with E-state index >= 15 is 0 Å². The van der Waals surface area contributed by atoms with Crippen molar-refractivity contribution in [2.24, 2.45) is 0 Å². The Kier molecular flexibility index (Phi) is 4.91. The first-order valence-electron chi connectivity index (χ1n) is 7.29. The van der Waals surface area contributed by atoms with Crippen LogP contribution in [0.4, 0.5) is 5.69 Å². The van der Waals surface area contributed by atoms with Crippen molar-refractivity contribution in [3.63, 3.8) is 0 Å². The zero-order chi connectivity index (χ0) is 12.8. The van der Waals surface area contributed by atoms with Gasteiger partial charge in [0.25, 0.3) is 0 Å². The first-order valence-corrected chi connectivity index (χ1v) is 7.29. The van der Waals surface area contributed by atoms with Gasteiger partial charge in [-0.2, -0.15) is 0 Å². The molecule has 2 nitrogen and oxygen atoms in total. The van der Waals surface area contributed by atoms with Crippen molar-refractivity contribution in [3.05, 3.63) is 23.8 Å². The molecule has 2 heteroatoms. The minimum Gasteiger partial charge on any atom is -0.492 e. The Bertz CT molecular complexity index is 367. The highest BCUT2D eigenvalue weighted by Crippen LogP contribution is 2.29. The number of rotatable bonds is 4. The van der Waals surface area contributed by atoms with Crippen LogP contribution in [-0.4, -0.2) is 12.6 Å². The van der Waals surface area contributed by atoms with Crippen molar-refractivity contribution in [2.45, 2.75) is 58.4 Å². The highest BCUT2D eigenvalue weighted by atomic mass is 16.5. The summed E-state index contributed by atoms with van der Waals surface area (Å²) in [4.78, 5) is 0. The van der Waals surface area contributed by atoms with Gasteiger partial charge in [0.15, 0.2) is 0 Å². The van der Waals surface area contributed by atoms with E-state index in [1.807, 2.05) is 6.92 Å². The highest BCUT2D eigenvalue weighted by molar-refractivity contribution is 5.58. The SMILES string of the molecule is CCOc1cc(C)ccc1NC1CCCCCC1. The molecule has 1 aliphatic carbocycles. The fraction of sp³-hybridized carbons (Fsp3) is 0.625. The topological polar surface area (TPSA) is 21.3 Å². The first-order chi connectivity index (χ1) is 8.79. The second kappa shape index (κ2) is 6.67. The van der Waals surface area contributed by atoms with Crippen LogP contribution in [0, 0.1) is 6.92 Å². The van der Waals surface area contributed by atoms with E-state index < -0.39 is 0 Å². The molecule has 2 rings (SSSR count). The Labute approximate surface area is 111 Å². The summed E-state index contributed by atoms with van der Waals surface area (Å²) >= 11 is 0. The van der Waals surface area contributed by atoms with Crippen LogP contribution in [0.15, 0.2) is 18.2 Å². The number of hydrogen-bond acceptors (Lipinski definition) is 2. The van der Waals surface area contributed by atoms with Gasteiger partial charge in [0, 0.05) is 6.04 Å². The molecular weight excluding hydrogens is 222 g/mol. The van der Waals surface area contributed by atoms with E-state index in [4.69, 9.17) is 4.74 Å². The predicted molar refractivity (Wildman–Crippen MR) is 77.5 cm³/mol. The lowest BCUT2D eigenvalue weighted by Crippen LogP contribution is -2.18. The van der Waals surface area contributed by atoms with Crippen LogP contribution >= 0.6 is 0 Å². The summed E-state index contributed by atoms with van der Waals surface area (Å²) in [6.07, 6.45) is 8.08. The van der Waals surface area contributed by atoms with Crippen molar-refractivity contribution in [2.75, 3.05) is 11.9 Å². The summed E-state index contributed by atoms with van der Waals surface area (Å²) < 4.78 is 5.73. The smallest absolute Gasteiger partial charge is 0.142 e. The molecular formula is C16H25NO. The van der Waals surface area contributed by atoms with Crippen LogP contribution in [0.5, 0.6) is 5.75 Å². The molecule has 1 N–H and O–H groups in total. The molecule has 18 heavy (non-hydrogen) atoms. The Morgan fingerprint density at radius 1 is 1.17 bits per heavy atom. The van der Waals surface area contributed by atoms with E-state index in [0.717, 1.165) is 18.0 Å². The van der Waals surface area contributed by atoms with Crippen LogP contribution < -0.4 is 10.1 Å². The Morgan fingerprint density at radius 2 is 1.89 bits per heavy atom. The molecule has 1 fully saturated rings. The average Bonchev–Trinajstić information content (AvgIpc) is 2.61. The van der Waals surface area contributed by atoms with E-state index in [1.54, 1.807) is 0 Å². The molecule has 0 aromatic heterocycles. The van der Waals surface area contributed by atoms with Crippen LogP contribution in [0.25, 0.3) is 0 Å². The van der Waals surface area contributed by atoms with E-state index in [2.05, 4.69) is 30.4 Å². The van der Waals surface area contributed by atoms with Gasteiger partial charge < -0.3 is 10.1 Å². The second-order valence-corrected chi connectivity index (χ2v) is 5.27. The Balaban J connectivity index is 2.06. The molecule has 0 spiro atoms. The largest absolute Gasteiger partial charge is 0.492 e. The van der Waals surface area contributed by atoms with Crippen LogP contribution in [-0.2, 0) is 0 Å². The number of aryl methyl sites for hydroxylation is 1. The zero-order valence-corrected chi connectivity index (χ0v) is 11.7. The maximum absolute atomic E-state index is 5.73.